The number of H-pyrrole nitrogens is 1. The van der Waals surface area contributed by atoms with Crippen molar-refractivity contribution in [3.63, 3.8) is 0 Å². The number of rotatable bonds is 8. The molecule has 0 fully saturated rings. The smallest absolute Gasteiger partial charge is 0.0950 e. The number of nitrogens with one attached hydrogen (secondary N) is 1. The first-order chi connectivity index (χ1) is 39.8. The molecule has 11 aromatic carbocycles. The lowest BCUT2D eigenvalue weighted by Gasteiger charge is -2.35. The van der Waals surface area contributed by atoms with Crippen LogP contribution < -0.4 is 4.90 Å². The summed E-state index contributed by atoms with van der Waals surface area (Å²) in [6.07, 6.45) is 1.92. The summed E-state index contributed by atoms with van der Waals surface area (Å²) in [7, 11) is 0. The minimum absolute atomic E-state index is 0.625. The monoisotopic (exact) mass is 1030 g/mol. The zero-order valence-corrected chi connectivity index (χ0v) is 45.1. The van der Waals surface area contributed by atoms with Crippen molar-refractivity contribution in [2.75, 3.05) is 4.90 Å². The van der Waals surface area contributed by atoms with E-state index in [-0.39, 0.29) is 0 Å². The molecule has 3 aliphatic carbocycles. The molecule has 0 bridgehead atoms. The number of nitrogens with zero attached hydrogens (tertiary/aromatic N) is 3. The van der Waals surface area contributed by atoms with E-state index in [0.717, 1.165) is 72.4 Å². The maximum Gasteiger partial charge on any atom is 0.0950 e. The first-order valence-electron chi connectivity index (χ1n) is 27.8. The molecule has 81 heavy (non-hydrogen) atoms. The summed E-state index contributed by atoms with van der Waals surface area (Å²) < 4.78 is 0. The summed E-state index contributed by atoms with van der Waals surface area (Å²) >= 11 is 0. The molecule has 1 atom stereocenters. The number of aromatic nitrogens is 1. The van der Waals surface area contributed by atoms with Crippen LogP contribution in [0.25, 0.3) is 66.8 Å². The Hall–Kier alpha value is -10.5. The van der Waals surface area contributed by atoms with E-state index in [4.69, 9.17) is 0 Å². The second-order valence-electron chi connectivity index (χ2n) is 22.0. The Morgan fingerprint density at radius 3 is 1.41 bits per heavy atom. The number of benzene rings is 11. The van der Waals surface area contributed by atoms with Crippen LogP contribution in [0.2, 0.25) is 0 Å². The first-order valence-corrected chi connectivity index (χ1v) is 27.8. The van der Waals surface area contributed by atoms with Gasteiger partial charge in [-0.1, -0.05) is 175 Å². The summed E-state index contributed by atoms with van der Waals surface area (Å²) in [6.45, 7) is 5.93. The first kappa shape index (κ1) is 47.7. The van der Waals surface area contributed by atoms with Gasteiger partial charge >= 0.3 is 0 Å². The van der Waals surface area contributed by atoms with Crippen molar-refractivity contribution >= 4 is 50.5 Å². The van der Waals surface area contributed by atoms with Gasteiger partial charge in [0, 0.05) is 55.6 Å². The highest BCUT2D eigenvalue weighted by Crippen LogP contribution is 2.64. The zero-order valence-electron chi connectivity index (χ0n) is 45.1. The van der Waals surface area contributed by atoms with Crippen molar-refractivity contribution in [2.45, 2.75) is 31.6 Å². The molecule has 12 aromatic rings. The number of fused-ring (bicyclic) bond motifs is 12. The minimum Gasteiger partial charge on any atom is -0.354 e. The fraction of sp³-hybridized carbons (Fsp3) is 0.0649. The minimum atomic E-state index is -0.747. The van der Waals surface area contributed by atoms with E-state index in [0.29, 0.717) is 11.1 Å². The van der Waals surface area contributed by atoms with Crippen LogP contribution in [-0.2, 0) is 10.8 Å². The molecule has 1 heterocycles. The number of aromatic amines is 1. The van der Waals surface area contributed by atoms with E-state index >= 15 is 0 Å². The Balaban J connectivity index is 1.04. The summed E-state index contributed by atoms with van der Waals surface area (Å²) in [5.41, 5.74) is 26.9. The Labute approximate surface area is 472 Å². The van der Waals surface area contributed by atoms with E-state index in [1.165, 1.54) is 72.1 Å². The van der Waals surface area contributed by atoms with Gasteiger partial charge in [0.05, 0.1) is 23.0 Å². The van der Waals surface area contributed by atoms with E-state index in [1.807, 2.05) is 19.9 Å². The third-order valence-electron chi connectivity index (χ3n) is 17.6. The number of allylic oxidation sites excluding steroid dienone is 2. The number of aryl methyl sites for hydroxylation is 1. The number of hydrogen-bond donors (Lipinski definition) is 1. The highest BCUT2D eigenvalue weighted by Gasteiger charge is 2.52. The lowest BCUT2D eigenvalue weighted by atomic mass is 9.65. The van der Waals surface area contributed by atoms with Crippen molar-refractivity contribution in [1.29, 1.82) is 10.5 Å². The Bertz CT molecular complexity index is 4630. The Morgan fingerprint density at radius 2 is 0.864 bits per heavy atom. The highest BCUT2D eigenvalue weighted by molar-refractivity contribution is 6.12. The van der Waals surface area contributed by atoms with Crippen molar-refractivity contribution in [3.05, 3.63) is 327 Å². The second kappa shape index (κ2) is 18.3. The van der Waals surface area contributed by atoms with Crippen LogP contribution in [0.4, 0.5) is 17.1 Å². The molecular formula is C77H52N4. The maximum atomic E-state index is 10.8. The van der Waals surface area contributed by atoms with Crippen LogP contribution in [0, 0.1) is 29.6 Å². The third kappa shape index (κ3) is 6.94. The van der Waals surface area contributed by atoms with Crippen LogP contribution in [-0.4, -0.2) is 4.98 Å². The number of anilines is 3. The van der Waals surface area contributed by atoms with Gasteiger partial charge in [-0.3, -0.25) is 0 Å². The zero-order chi connectivity index (χ0) is 54.6. The molecule has 0 spiro atoms. The highest BCUT2D eigenvalue weighted by atomic mass is 15.1. The lowest BCUT2D eigenvalue weighted by Crippen LogP contribution is -2.30. The molecule has 1 aromatic heterocycles. The van der Waals surface area contributed by atoms with Crippen LogP contribution >= 0.6 is 0 Å². The quantitative estimate of drug-likeness (QED) is 0.154. The van der Waals surface area contributed by atoms with Gasteiger partial charge in [0.2, 0.25) is 0 Å². The number of hydrogen-bond acceptors (Lipinski definition) is 3. The van der Waals surface area contributed by atoms with Gasteiger partial charge in [-0.2, -0.15) is 10.5 Å². The van der Waals surface area contributed by atoms with Crippen molar-refractivity contribution < 1.29 is 0 Å². The molecule has 4 heteroatoms. The molecule has 4 nitrogen and oxygen atoms in total. The van der Waals surface area contributed by atoms with Crippen LogP contribution in [0.1, 0.15) is 80.6 Å². The van der Waals surface area contributed by atoms with Gasteiger partial charge in [-0.25, -0.2) is 0 Å². The normalized spacial score (nSPS) is 15.7. The predicted molar refractivity (Wildman–Crippen MR) is 332 cm³/mol. The molecule has 0 saturated heterocycles. The van der Waals surface area contributed by atoms with Gasteiger partial charge < -0.3 is 9.88 Å². The van der Waals surface area contributed by atoms with Crippen molar-refractivity contribution in [3.8, 4) is 45.5 Å². The van der Waals surface area contributed by atoms with Gasteiger partial charge in [-0.15, -0.1) is 0 Å². The van der Waals surface area contributed by atoms with E-state index in [1.54, 1.807) is 0 Å². The molecule has 0 aliphatic heterocycles. The molecule has 1 unspecified atom stereocenters. The topological polar surface area (TPSA) is 66.6 Å². The van der Waals surface area contributed by atoms with E-state index in [9.17, 15) is 10.5 Å². The molecule has 15 rings (SSSR count). The standard InChI is InChI=1S/C77H52N4/c1-48-29-32-55(33-30-48)77(54-23-13-6-14-24-54)69-41-61-59-35-31-51(37-49(2)46-78)38-67(59)75(50(3)47-79)68(61)40-62(69)63-42-71-64(43-70(63)77)65-45-74-66(44-72(65)76(71,52-19-9-4-10-20-52)53-21-11-5-12-22-53)60-36-34-58(39-73(60)80-74)81(56-25-15-7-16-26-56)57-27-17-8-18-28-57/h4-45,80H,1-3H3/b49-37-,75-50-. The largest absolute Gasteiger partial charge is 0.354 e. The molecule has 0 saturated carbocycles. The number of para-hydroxylation sites is 2. The van der Waals surface area contributed by atoms with Crippen LogP contribution in [0.3, 0.4) is 0 Å². The van der Waals surface area contributed by atoms with Gasteiger partial charge in [0.15, 0.2) is 0 Å². The molecule has 0 amide bonds. The SMILES string of the molecule is C/C(C#N)=C/c1ccc2c(c1)/C(=C(\C)C#N)c1cc3c(cc1-2)C(c1ccccc1)(c1ccc(C)cc1)c1cc2c(cc1-3)C(c1ccccc1)(c1ccccc1)c1cc3c(cc1-2)[nH]c1cc(N(c2ccccc2)c2ccccc2)ccc13. The molecule has 3 aliphatic rings. The third-order valence-corrected chi connectivity index (χ3v) is 17.6. The lowest BCUT2D eigenvalue weighted by molar-refractivity contribution is 0.759. The second-order valence-corrected chi connectivity index (χ2v) is 22.0. The van der Waals surface area contributed by atoms with Crippen molar-refractivity contribution in [1.82, 2.24) is 4.98 Å². The average molecular weight is 1030 g/mol. The van der Waals surface area contributed by atoms with E-state index in [2.05, 4.69) is 278 Å². The summed E-state index contributed by atoms with van der Waals surface area (Å²) in [5, 5.41) is 22.9. The molecule has 1 N–H and O–H groups in total. The van der Waals surface area contributed by atoms with E-state index < -0.39 is 10.8 Å². The summed E-state index contributed by atoms with van der Waals surface area (Å²) in [4.78, 5) is 6.30. The predicted octanol–water partition coefficient (Wildman–Crippen LogP) is 19.1. The van der Waals surface area contributed by atoms with Crippen molar-refractivity contribution in [2.24, 2.45) is 0 Å². The Morgan fingerprint density at radius 1 is 0.395 bits per heavy atom. The Kier molecular flexibility index (Phi) is 10.8. The van der Waals surface area contributed by atoms with Gasteiger partial charge in [-0.05, 0) is 200 Å². The number of nitriles is 2. The fourth-order valence-electron chi connectivity index (χ4n) is 14.2. The van der Waals surface area contributed by atoms with Gasteiger partial charge in [0.1, 0.15) is 0 Å². The van der Waals surface area contributed by atoms with Crippen LogP contribution in [0.15, 0.2) is 260 Å². The molecule has 380 valence electrons. The van der Waals surface area contributed by atoms with Crippen LogP contribution in [0.5, 0.6) is 0 Å². The maximum absolute atomic E-state index is 10.8. The molecular weight excluding hydrogens is 981 g/mol. The molecule has 0 radical (unpaired) electrons. The summed E-state index contributed by atoms with van der Waals surface area (Å²) in [6, 6.07) is 96.7. The average Bonchev–Trinajstić information content (AvgIpc) is 3.46. The summed E-state index contributed by atoms with van der Waals surface area (Å²) in [5.74, 6) is 0. The van der Waals surface area contributed by atoms with Gasteiger partial charge in [0.25, 0.3) is 0 Å². The fourth-order valence-corrected chi connectivity index (χ4v) is 14.2.